The van der Waals surface area contributed by atoms with Gasteiger partial charge in [-0.3, -0.25) is 0 Å². The van der Waals surface area contributed by atoms with Crippen LogP contribution in [-0.2, 0) is 12.8 Å². The van der Waals surface area contributed by atoms with Crippen molar-refractivity contribution < 1.29 is 9.47 Å². The number of ether oxygens (including phenoxy) is 2. The number of hydrogen-bond acceptors (Lipinski definition) is 3. The molecule has 0 fully saturated rings. The van der Waals surface area contributed by atoms with Crippen molar-refractivity contribution in [2.45, 2.75) is 60.8 Å². The zero-order valence-corrected chi connectivity index (χ0v) is 17.2. The molecule has 0 unspecified atom stereocenters. The number of aromatic amines is 1. The highest BCUT2D eigenvalue weighted by Crippen LogP contribution is 2.32. The molecule has 4 nitrogen and oxygen atoms in total. The molecule has 0 amide bonds. The van der Waals surface area contributed by atoms with Crippen molar-refractivity contribution in [3.05, 3.63) is 42.0 Å². The first-order chi connectivity index (χ1) is 12.1. The number of nitrogens with zero attached hydrogens (tertiary/aromatic N) is 1. The summed E-state index contributed by atoms with van der Waals surface area (Å²) in [6, 6.07) is 6.28. The normalized spacial score (nSPS) is 14.2. The summed E-state index contributed by atoms with van der Waals surface area (Å²) < 4.78 is 11.3. The highest BCUT2D eigenvalue weighted by atomic mass is 16.5. The summed E-state index contributed by atoms with van der Waals surface area (Å²) in [5.74, 6) is 1.79. The molecule has 1 N–H and O–H groups in total. The number of benzene rings is 1. The van der Waals surface area contributed by atoms with E-state index in [1.165, 1.54) is 11.3 Å². The fourth-order valence-corrected chi connectivity index (χ4v) is 2.88. The third-order valence-electron chi connectivity index (χ3n) is 3.82. The number of H-pyrrole nitrogens is 1. The van der Waals surface area contributed by atoms with Crippen LogP contribution in [0.4, 0.5) is 0 Å². The maximum Gasteiger partial charge on any atom is 0.161 e. The molecule has 1 aliphatic heterocycles. The van der Waals surface area contributed by atoms with Crippen molar-refractivity contribution in [3.8, 4) is 11.5 Å². The summed E-state index contributed by atoms with van der Waals surface area (Å²) in [7, 11) is 0. The van der Waals surface area contributed by atoms with Crippen LogP contribution in [0.5, 0.6) is 11.5 Å². The predicted octanol–water partition coefficient (Wildman–Crippen LogP) is 5.43. The lowest BCUT2D eigenvalue weighted by Gasteiger charge is -2.19. The van der Waals surface area contributed by atoms with Gasteiger partial charge in [0.1, 0.15) is 0 Å². The van der Waals surface area contributed by atoms with Gasteiger partial charge in [-0.1, -0.05) is 47.6 Å². The van der Waals surface area contributed by atoms with Gasteiger partial charge in [-0.15, -0.1) is 0 Å². The zero-order valence-electron chi connectivity index (χ0n) is 17.2. The molecule has 1 aliphatic rings. The van der Waals surface area contributed by atoms with E-state index in [2.05, 4.69) is 63.6 Å². The van der Waals surface area contributed by atoms with E-state index in [1.807, 2.05) is 12.3 Å². The van der Waals surface area contributed by atoms with Gasteiger partial charge in [0.25, 0.3) is 0 Å². The fraction of sp³-hybridized carbons (Fsp3) is 0.591. The molecule has 0 saturated carbocycles. The molecule has 4 heteroatoms. The number of hydrogen-bond donors (Lipinski definition) is 1. The van der Waals surface area contributed by atoms with Gasteiger partial charge in [0.05, 0.1) is 19.5 Å². The predicted molar refractivity (Wildman–Crippen MR) is 107 cm³/mol. The van der Waals surface area contributed by atoms with Gasteiger partial charge in [0.15, 0.2) is 11.5 Å². The van der Waals surface area contributed by atoms with Crippen LogP contribution in [0.2, 0.25) is 0 Å². The second kappa shape index (κ2) is 8.61. The number of imidazole rings is 1. The van der Waals surface area contributed by atoms with E-state index in [9.17, 15) is 0 Å². The summed E-state index contributed by atoms with van der Waals surface area (Å²) in [6.45, 7) is 14.9. The lowest BCUT2D eigenvalue weighted by Crippen LogP contribution is -2.09. The maximum atomic E-state index is 5.68. The highest BCUT2D eigenvalue weighted by Gasteiger charge is 2.15. The number of fused-ring (bicyclic) bond motifs is 1. The number of nitrogens with one attached hydrogen (secondary N) is 1. The first-order valence-corrected chi connectivity index (χ1v) is 9.48. The van der Waals surface area contributed by atoms with Gasteiger partial charge in [-0.25, -0.2) is 4.98 Å². The van der Waals surface area contributed by atoms with Crippen LogP contribution in [0.3, 0.4) is 0 Å². The Bertz CT molecular complexity index is 664. The van der Waals surface area contributed by atoms with Gasteiger partial charge in [-0.2, -0.15) is 0 Å². The van der Waals surface area contributed by atoms with E-state index >= 15 is 0 Å². The molecule has 1 aromatic heterocycles. The SMILES string of the molecule is CC(C)(C)Cc1ccc2c(c1)OCCCO2.CC(C)(C)Cc1cnc[nH]1. The van der Waals surface area contributed by atoms with Gasteiger partial charge in [0, 0.05) is 18.3 Å². The van der Waals surface area contributed by atoms with Crippen LogP contribution in [0.1, 0.15) is 59.2 Å². The van der Waals surface area contributed by atoms with Crippen molar-refractivity contribution in [1.82, 2.24) is 9.97 Å². The third kappa shape index (κ3) is 7.51. The second-order valence-corrected chi connectivity index (χ2v) is 9.38. The van der Waals surface area contributed by atoms with Crippen LogP contribution in [-0.4, -0.2) is 23.2 Å². The minimum atomic E-state index is 0.305. The van der Waals surface area contributed by atoms with E-state index in [1.54, 1.807) is 6.33 Å². The zero-order chi connectivity index (χ0) is 19.2. The van der Waals surface area contributed by atoms with E-state index < -0.39 is 0 Å². The summed E-state index contributed by atoms with van der Waals surface area (Å²) in [5, 5.41) is 0. The van der Waals surface area contributed by atoms with Crippen LogP contribution < -0.4 is 9.47 Å². The van der Waals surface area contributed by atoms with Crippen molar-refractivity contribution in [2.75, 3.05) is 13.2 Å². The Balaban J connectivity index is 0.000000209. The Hall–Kier alpha value is -1.97. The van der Waals surface area contributed by atoms with E-state index in [0.29, 0.717) is 10.8 Å². The minimum Gasteiger partial charge on any atom is -0.490 e. The number of rotatable bonds is 2. The molecule has 26 heavy (non-hydrogen) atoms. The Labute approximate surface area is 158 Å². The molecular formula is C22H34N2O2. The lowest BCUT2D eigenvalue weighted by atomic mass is 9.88. The topological polar surface area (TPSA) is 47.1 Å². The Morgan fingerprint density at radius 2 is 1.58 bits per heavy atom. The third-order valence-corrected chi connectivity index (χ3v) is 3.82. The fourth-order valence-electron chi connectivity index (χ4n) is 2.88. The van der Waals surface area contributed by atoms with Crippen LogP contribution in [0, 0.1) is 10.8 Å². The van der Waals surface area contributed by atoms with E-state index in [-0.39, 0.29) is 0 Å². The van der Waals surface area contributed by atoms with E-state index in [0.717, 1.165) is 44.0 Å². The smallest absolute Gasteiger partial charge is 0.161 e. The molecule has 0 aliphatic carbocycles. The van der Waals surface area contributed by atoms with Crippen molar-refractivity contribution in [2.24, 2.45) is 10.8 Å². The Morgan fingerprint density at radius 3 is 2.15 bits per heavy atom. The van der Waals surface area contributed by atoms with Crippen molar-refractivity contribution in [3.63, 3.8) is 0 Å². The van der Waals surface area contributed by atoms with E-state index in [4.69, 9.17) is 9.47 Å². The van der Waals surface area contributed by atoms with Crippen molar-refractivity contribution in [1.29, 1.82) is 0 Å². The molecular weight excluding hydrogens is 324 g/mol. The van der Waals surface area contributed by atoms with Gasteiger partial charge < -0.3 is 14.5 Å². The lowest BCUT2D eigenvalue weighted by molar-refractivity contribution is 0.297. The molecule has 2 aromatic rings. The largest absolute Gasteiger partial charge is 0.490 e. The molecule has 0 atom stereocenters. The molecule has 0 spiro atoms. The summed E-state index contributed by atoms with van der Waals surface area (Å²) in [6.07, 6.45) is 6.69. The van der Waals surface area contributed by atoms with Crippen LogP contribution >= 0.6 is 0 Å². The van der Waals surface area contributed by atoms with Crippen molar-refractivity contribution >= 4 is 0 Å². The van der Waals surface area contributed by atoms with Gasteiger partial charge in [-0.05, 0) is 41.4 Å². The molecule has 0 saturated heterocycles. The molecule has 0 radical (unpaired) electrons. The quantitative estimate of drug-likeness (QED) is 0.778. The molecule has 2 heterocycles. The summed E-state index contributed by atoms with van der Waals surface area (Å²) in [4.78, 5) is 7.03. The van der Waals surface area contributed by atoms with Crippen LogP contribution in [0.15, 0.2) is 30.7 Å². The molecule has 144 valence electrons. The first-order valence-electron chi connectivity index (χ1n) is 9.48. The number of aromatic nitrogens is 2. The summed E-state index contributed by atoms with van der Waals surface area (Å²) in [5.41, 5.74) is 3.19. The summed E-state index contributed by atoms with van der Waals surface area (Å²) >= 11 is 0. The Morgan fingerprint density at radius 1 is 0.923 bits per heavy atom. The van der Waals surface area contributed by atoms with Gasteiger partial charge >= 0.3 is 0 Å². The minimum absolute atomic E-state index is 0.305. The molecule has 1 aromatic carbocycles. The van der Waals surface area contributed by atoms with Crippen LogP contribution in [0.25, 0.3) is 0 Å². The monoisotopic (exact) mass is 358 g/mol. The Kier molecular flexibility index (Phi) is 6.74. The van der Waals surface area contributed by atoms with Gasteiger partial charge in [0.2, 0.25) is 0 Å². The highest BCUT2D eigenvalue weighted by molar-refractivity contribution is 5.43. The maximum absolute atomic E-state index is 5.68. The second-order valence-electron chi connectivity index (χ2n) is 9.38. The first kappa shape index (κ1) is 20.3. The molecule has 0 bridgehead atoms. The average molecular weight is 359 g/mol. The average Bonchev–Trinajstić information content (AvgIpc) is 2.87. The molecule has 3 rings (SSSR count). The standard InChI is InChI=1S/C14H20O2.C8H14N2/c1-14(2,3)10-11-5-6-12-13(9-11)16-8-4-7-15-12;1-8(2,3)4-7-5-9-6-10-7/h5-6,9H,4,7-8,10H2,1-3H3;5-6H,4H2,1-3H3,(H,9,10).